The predicted molar refractivity (Wildman–Crippen MR) is 93.7 cm³/mol. The maximum Gasteiger partial charge on any atom is 0.232 e. The molecule has 3 rings (SSSR count). The first-order chi connectivity index (χ1) is 11.6. The van der Waals surface area contributed by atoms with Gasteiger partial charge in [-0.3, -0.25) is 9.59 Å². The maximum atomic E-state index is 12.1. The molecule has 0 bridgehead atoms. The number of benzene rings is 1. The Labute approximate surface area is 141 Å². The summed E-state index contributed by atoms with van der Waals surface area (Å²) >= 11 is 0. The molecule has 0 unspecified atom stereocenters. The van der Waals surface area contributed by atoms with Crippen LogP contribution in [0.5, 0.6) is 0 Å². The molecule has 0 radical (unpaired) electrons. The molecule has 1 aliphatic heterocycles. The summed E-state index contributed by atoms with van der Waals surface area (Å²) < 4.78 is 0. The largest absolute Gasteiger partial charge is 0.361 e. The van der Waals surface area contributed by atoms with Crippen LogP contribution in [0.1, 0.15) is 12.0 Å². The van der Waals surface area contributed by atoms with Crippen molar-refractivity contribution in [2.45, 2.75) is 12.8 Å². The molecule has 2 aromatic rings. The number of hydrogen-bond acceptors (Lipinski definition) is 3. The highest BCUT2D eigenvalue weighted by Gasteiger charge is 2.20. The second-order valence-electron chi connectivity index (χ2n) is 6.32. The lowest BCUT2D eigenvalue weighted by Gasteiger charge is -2.32. The van der Waals surface area contributed by atoms with Crippen LogP contribution >= 0.6 is 0 Å². The van der Waals surface area contributed by atoms with Crippen molar-refractivity contribution >= 4 is 22.7 Å². The van der Waals surface area contributed by atoms with E-state index < -0.39 is 0 Å². The van der Waals surface area contributed by atoms with E-state index in [-0.39, 0.29) is 18.2 Å². The molecule has 6 heteroatoms. The Hall–Kier alpha value is -2.34. The number of amides is 2. The van der Waals surface area contributed by atoms with Crippen molar-refractivity contribution in [2.75, 3.05) is 39.8 Å². The van der Waals surface area contributed by atoms with E-state index in [9.17, 15) is 9.59 Å². The van der Waals surface area contributed by atoms with Crippen LogP contribution in [-0.2, 0) is 16.0 Å². The van der Waals surface area contributed by atoms with Crippen LogP contribution < -0.4 is 5.32 Å². The summed E-state index contributed by atoms with van der Waals surface area (Å²) in [7, 11) is 2.04. The summed E-state index contributed by atoms with van der Waals surface area (Å²) in [6.45, 7) is 3.69. The molecule has 0 aliphatic carbocycles. The van der Waals surface area contributed by atoms with Crippen molar-refractivity contribution < 1.29 is 9.59 Å². The molecule has 0 spiro atoms. The van der Waals surface area contributed by atoms with E-state index in [0.717, 1.165) is 25.0 Å². The molecule has 2 N–H and O–H groups in total. The fourth-order valence-electron chi connectivity index (χ4n) is 3.04. The van der Waals surface area contributed by atoms with E-state index in [1.54, 1.807) is 4.90 Å². The molecule has 1 fully saturated rings. The first-order valence-electron chi connectivity index (χ1n) is 8.41. The minimum Gasteiger partial charge on any atom is -0.361 e. The van der Waals surface area contributed by atoms with Gasteiger partial charge in [-0.2, -0.15) is 0 Å². The van der Waals surface area contributed by atoms with Gasteiger partial charge in [0.05, 0.1) is 0 Å². The minimum atomic E-state index is -0.196. The minimum absolute atomic E-state index is 0.0579. The number of carbonyl (C=O) groups excluding carboxylic acids is 2. The average molecular weight is 328 g/mol. The first-order valence-corrected chi connectivity index (χ1v) is 8.41. The van der Waals surface area contributed by atoms with E-state index in [2.05, 4.69) is 21.3 Å². The van der Waals surface area contributed by atoms with E-state index >= 15 is 0 Å². The number of hydrogen-bond donors (Lipinski definition) is 2. The number of aromatic amines is 1. The molecule has 6 nitrogen and oxygen atoms in total. The van der Waals surface area contributed by atoms with E-state index in [0.29, 0.717) is 19.6 Å². The van der Waals surface area contributed by atoms with Crippen LogP contribution in [0.15, 0.2) is 30.5 Å². The van der Waals surface area contributed by atoms with Crippen molar-refractivity contribution in [3.05, 3.63) is 36.0 Å². The van der Waals surface area contributed by atoms with Crippen LogP contribution in [0, 0.1) is 0 Å². The molecular formula is C18H24N4O2. The number of piperazine rings is 1. The fraction of sp³-hybridized carbons (Fsp3) is 0.444. The molecule has 128 valence electrons. The lowest BCUT2D eigenvalue weighted by molar-refractivity contribution is -0.137. The van der Waals surface area contributed by atoms with Crippen LogP contribution in [-0.4, -0.2) is 66.4 Å². The SMILES string of the molecule is CN1CCN(C(=O)CC(=O)NCCc2c[nH]c3ccccc23)CC1. The molecule has 2 heterocycles. The summed E-state index contributed by atoms with van der Waals surface area (Å²) in [5.74, 6) is -0.272. The Morgan fingerprint density at radius 1 is 1.17 bits per heavy atom. The van der Waals surface area contributed by atoms with Gasteiger partial charge in [0.2, 0.25) is 11.8 Å². The quantitative estimate of drug-likeness (QED) is 0.805. The van der Waals surface area contributed by atoms with Crippen LogP contribution in [0.3, 0.4) is 0 Å². The molecule has 1 aliphatic rings. The monoisotopic (exact) mass is 328 g/mol. The Balaban J connectivity index is 1.43. The number of rotatable bonds is 5. The molecule has 24 heavy (non-hydrogen) atoms. The third-order valence-corrected chi connectivity index (χ3v) is 4.56. The van der Waals surface area contributed by atoms with Gasteiger partial charge in [0.1, 0.15) is 6.42 Å². The highest BCUT2D eigenvalue weighted by Crippen LogP contribution is 2.17. The highest BCUT2D eigenvalue weighted by molar-refractivity contribution is 5.97. The fourth-order valence-corrected chi connectivity index (χ4v) is 3.04. The van der Waals surface area contributed by atoms with E-state index in [1.807, 2.05) is 31.4 Å². The number of nitrogens with zero attached hydrogens (tertiary/aromatic N) is 2. The number of aromatic nitrogens is 1. The third kappa shape index (κ3) is 3.94. The summed E-state index contributed by atoms with van der Waals surface area (Å²) in [4.78, 5) is 31.3. The van der Waals surface area contributed by atoms with Gasteiger partial charge < -0.3 is 20.1 Å². The number of para-hydroxylation sites is 1. The van der Waals surface area contributed by atoms with Crippen LogP contribution in [0.2, 0.25) is 0 Å². The normalized spacial score (nSPS) is 15.6. The Bertz CT molecular complexity index is 717. The molecule has 0 saturated carbocycles. The number of nitrogens with one attached hydrogen (secondary N) is 2. The molecule has 1 aromatic carbocycles. The summed E-state index contributed by atoms with van der Waals surface area (Å²) in [6, 6.07) is 8.10. The van der Waals surface area contributed by atoms with Gasteiger partial charge in [0, 0.05) is 49.8 Å². The van der Waals surface area contributed by atoms with Gasteiger partial charge in [-0.05, 0) is 25.1 Å². The summed E-state index contributed by atoms with van der Waals surface area (Å²) in [6.07, 6.45) is 2.67. The van der Waals surface area contributed by atoms with Gasteiger partial charge in [0.15, 0.2) is 0 Å². The predicted octanol–water partition coefficient (Wildman–Crippen LogP) is 0.991. The zero-order chi connectivity index (χ0) is 16.9. The second-order valence-corrected chi connectivity index (χ2v) is 6.32. The zero-order valence-corrected chi connectivity index (χ0v) is 14.0. The lowest BCUT2D eigenvalue weighted by atomic mass is 10.1. The van der Waals surface area contributed by atoms with Crippen molar-refractivity contribution in [2.24, 2.45) is 0 Å². The van der Waals surface area contributed by atoms with Crippen molar-refractivity contribution in [1.82, 2.24) is 20.1 Å². The number of carbonyl (C=O) groups is 2. The summed E-state index contributed by atoms with van der Waals surface area (Å²) in [5, 5.41) is 4.03. The van der Waals surface area contributed by atoms with Crippen molar-refractivity contribution in [3.8, 4) is 0 Å². The topological polar surface area (TPSA) is 68.4 Å². The Morgan fingerprint density at radius 3 is 2.71 bits per heavy atom. The Kier molecular flexibility index (Phi) is 5.15. The van der Waals surface area contributed by atoms with Crippen molar-refractivity contribution in [1.29, 1.82) is 0 Å². The second kappa shape index (κ2) is 7.49. The van der Waals surface area contributed by atoms with Crippen LogP contribution in [0.25, 0.3) is 10.9 Å². The van der Waals surface area contributed by atoms with Gasteiger partial charge in [0.25, 0.3) is 0 Å². The molecule has 1 saturated heterocycles. The smallest absolute Gasteiger partial charge is 0.232 e. The van der Waals surface area contributed by atoms with Gasteiger partial charge >= 0.3 is 0 Å². The molecular weight excluding hydrogens is 304 g/mol. The molecule has 0 atom stereocenters. The van der Waals surface area contributed by atoms with Gasteiger partial charge in [-0.15, -0.1) is 0 Å². The number of H-pyrrole nitrogens is 1. The number of fused-ring (bicyclic) bond motifs is 1. The molecule has 1 aromatic heterocycles. The molecule has 2 amide bonds. The maximum absolute atomic E-state index is 12.1. The highest BCUT2D eigenvalue weighted by atomic mass is 16.2. The van der Waals surface area contributed by atoms with Gasteiger partial charge in [-0.25, -0.2) is 0 Å². The lowest BCUT2D eigenvalue weighted by Crippen LogP contribution is -2.48. The van der Waals surface area contributed by atoms with Crippen molar-refractivity contribution in [3.63, 3.8) is 0 Å². The number of likely N-dealkylation sites (N-methyl/N-ethyl adjacent to an activating group) is 1. The van der Waals surface area contributed by atoms with E-state index in [4.69, 9.17) is 0 Å². The van der Waals surface area contributed by atoms with Gasteiger partial charge in [-0.1, -0.05) is 18.2 Å². The summed E-state index contributed by atoms with van der Waals surface area (Å²) in [5.41, 5.74) is 2.28. The Morgan fingerprint density at radius 2 is 1.92 bits per heavy atom. The van der Waals surface area contributed by atoms with E-state index in [1.165, 1.54) is 10.9 Å². The average Bonchev–Trinajstić information content (AvgIpc) is 2.99. The zero-order valence-electron chi connectivity index (χ0n) is 14.0. The van der Waals surface area contributed by atoms with Crippen LogP contribution in [0.4, 0.5) is 0 Å². The standard InChI is InChI=1S/C18H24N4O2/c1-21-8-10-22(11-9-21)18(24)12-17(23)19-7-6-14-13-20-16-5-3-2-4-15(14)16/h2-5,13,20H,6-12H2,1H3,(H,19,23). The third-order valence-electron chi connectivity index (χ3n) is 4.56. The first kappa shape index (κ1) is 16.5.